The Labute approximate surface area is 108 Å². The van der Waals surface area contributed by atoms with Crippen LogP contribution >= 0.6 is 0 Å². The van der Waals surface area contributed by atoms with Gasteiger partial charge >= 0.3 is 0 Å². The van der Waals surface area contributed by atoms with E-state index in [0.717, 1.165) is 0 Å². The van der Waals surface area contributed by atoms with E-state index in [-0.39, 0.29) is 17.1 Å². The topological polar surface area (TPSA) is 64.4 Å². The summed E-state index contributed by atoms with van der Waals surface area (Å²) in [6.07, 6.45) is 1.39. The van der Waals surface area contributed by atoms with Crippen LogP contribution in [0.2, 0.25) is 0 Å². The van der Waals surface area contributed by atoms with E-state index in [0.29, 0.717) is 18.8 Å². The van der Waals surface area contributed by atoms with Crippen LogP contribution in [0.3, 0.4) is 0 Å². The van der Waals surface area contributed by atoms with Gasteiger partial charge in [0.05, 0.1) is 17.9 Å². The number of hydrogen-bond acceptors (Lipinski definition) is 4. The molecule has 0 aromatic carbocycles. The molecule has 1 fully saturated rings. The van der Waals surface area contributed by atoms with Crippen LogP contribution in [0.1, 0.15) is 19.5 Å². The van der Waals surface area contributed by atoms with Gasteiger partial charge in [0, 0.05) is 26.3 Å². The molecule has 18 heavy (non-hydrogen) atoms. The van der Waals surface area contributed by atoms with Crippen molar-refractivity contribution in [2.75, 3.05) is 13.1 Å². The summed E-state index contributed by atoms with van der Waals surface area (Å²) in [5.41, 5.74) is 0.532. The van der Waals surface area contributed by atoms with Crippen LogP contribution in [0.15, 0.2) is 11.1 Å². The van der Waals surface area contributed by atoms with Gasteiger partial charge in [-0.3, -0.25) is 4.68 Å². The van der Waals surface area contributed by atoms with E-state index in [9.17, 15) is 8.42 Å². The molecule has 0 N–H and O–H groups in total. The smallest absolute Gasteiger partial charge is 0.246 e. The quantitative estimate of drug-likeness (QED) is 0.788. The molecule has 1 aliphatic rings. The summed E-state index contributed by atoms with van der Waals surface area (Å²) in [5.74, 6) is 0. The lowest BCUT2D eigenvalue weighted by molar-refractivity contribution is -0.0440. The van der Waals surface area contributed by atoms with Gasteiger partial charge in [-0.25, -0.2) is 8.42 Å². The highest BCUT2D eigenvalue weighted by Gasteiger charge is 2.33. The minimum Gasteiger partial charge on any atom is -0.373 e. The fraction of sp³-hybridized carbons (Fsp3) is 0.727. The molecule has 1 aromatic rings. The third kappa shape index (κ3) is 2.43. The van der Waals surface area contributed by atoms with E-state index >= 15 is 0 Å². The van der Waals surface area contributed by atoms with Crippen molar-refractivity contribution in [3.05, 3.63) is 11.9 Å². The molecule has 0 unspecified atom stereocenters. The molecule has 0 aliphatic carbocycles. The van der Waals surface area contributed by atoms with Crippen LogP contribution in [0, 0.1) is 6.92 Å². The molecular formula is C11H19N3O3S. The zero-order valence-electron chi connectivity index (χ0n) is 11.1. The van der Waals surface area contributed by atoms with E-state index in [1.54, 1.807) is 20.2 Å². The first kappa shape index (κ1) is 13.5. The summed E-state index contributed by atoms with van der Waals surface area (Å²) >= 11 is 0. The van der Waals surface area contributed by atoms with Crippen molar-refractivity contribution in [2.24, 2.45) is 7.05 Å². The van der Waals surface area contributed by atoms with Crippen LogP contribution in [0.25, 0.3) is 0 Å². The lowest BCUT2D eigenvalue weighted by atomic mass is 10.3. The van der Waals surface area contributed by atoms with Crippen LogP contribution in [-0.2, 0) is 21.8 Å². The highest BCUT2D eigenvalue weighted by atomic mass is 32.2. The van der Waals surface area contributed by atoms with Gasteiger partial charge in [-0.15, -0.1) is 0 Å². The van der Waals surface area contributed by atoms with Crippen LogP contribution in [0.4, 0.5) is 0 Å². The second-order valence-corrected chi connectivity index (χ2v) is 6.74. The number of aromatic nitrogens is 2. The second kappa shape index (κ2) is 4.64. The highest BCUT2D eigenvalue weighted by molar-refractivity contribution is 7.89. The van der Waals surface area contributed by atoms with Crippen LogP contribution < -0.4 is 0 Å². The van der Waals surface area contributed by atoms with Crippen molar-refractivity contribution in [1.82, 2.24) is 14.1 Å². The molecule has 6 nitrogen and oxygen atoms in total. The maximum absolute atomic E-state index is 12.5. The van der Waals surface area contributed by atoms with Gasteiger partial charge in [-0.2, -0.15) is 9.40 Å². The molecular weight excluding hydrogens is 254 g/mol. The van der Waals surface area contributed by atoms with E-state index in [1.807, 2.05) is 13.8 Å². The third-order valence-corrected chi connectivity index (χ3v) is 4.91. The Morgan fingerprint density at radius 1 is 1.33 bits per heavy atom. The summed E-state index contributed by atoms with van der Waals surface area (Å²) in [5, 5.41) is 4.09. The van der Waals surface area contributed by atoms with Crippen LogP contribution in [-0.4, -0.2) is 47.8 Å². The largest absolute Gasteiger partial charge is 0.373 e. The Morgan fingerprint density at radius 3 is 2.33 bits per heavy atom. The zero-order valence-corrected chi connectivity index (χ0v) is 11.9. The van der Waals surface area contributed by atoms with E-state index in [2.05, 4.69) is 5.10 Å². The molecule has 0 saturated carbocycles. The van der Waals surface area contributed by atoms with Gasteiger partial charge in [0.25, 0.3) is 0 Å². The van der Waals surface area contributed by atoms with Gasteiger partial charge in [-0.05, 0) is 20.8 Å². The summed E-state index contributed by atoms with van der Waals surface area (Å²) in [6.45, 7) is 6.25. The number of nitrogens with zero attached hydrogens (tertiary/aromatic N) is 3. The van der Waals surface area contributed by atoms with E-state index in [1.165, 1.54) is 8.99 Å². The second-order valence-electron chi connectivity index (χ2n) is 4.83. The van der Waals surface area contributed by atoms with Crippen molar-refractivity contribution in [3.8, 4) is 0 Å². The normalized spacial score (nSPS) is 26.4. The number of sulfonamides is 1. The maximum Gasteiger partial charge on any atom is 0.246 e. The Morgan fingerprint density at radius 2 is 1.89 bits per heavy atom. The van der Waals surface area contributed by atoms with Gasteiger partial charge < -0.3 is 4.74 Å². The molecule has 0 bridgehead atoms. The van der Waals surface area contributed by atoms with E-state index < -0.39 is 10.0 Å². The monoisotopic (exact) mass is 273 g/mol. The van der Waals surface area contributed by atoms with Crippen LogP contribution in [0.5, 0.6) is 0 Å². The van der Waals surface area contributed by atoms with Crippen molar-refractivity contribution in [3.63, 3.8) is 0 Å². The number of aryl methyl sites for hydroxylation is 2. The van der Waals surface area contributed by atoms with Gasteiger partial charge in [0.1, 0.15) is 4.90 Å². The van der Waals surface area contributed by atoms with Gasteiger partial charge in [0.15, 0.2) is 0 Å². The molecule has 1 saturated heterocycles. The summed E-state index contributed by atoms with van der Waals surface area (Å²) in [4.78, 5) is 0.284. The molecule has 102 valence electrons. The number of rotatable bonds is 2. The molecule has 7 heteroatoms. The van der Waals surface area contributed by atoms with Crippen molar-refractivity contribution < 1.29 is 13.2 Å². The SMILES string of the molecule is Cc1nn(C)cc1S(=O)(=O)N1C[C@H](C)O[C@@H](C)C1. The first-order valence-corrected chi connectivity index (χ1v) is 7.40. The van der Waals surface area contributed by atoms with Gasteiger partial charge in [-0.1, -0.05) is 0 Å². The number of morpholine rings is 1. The summed E-state index contributed by atoms with van der Waals surface area (Å²) < 4.78 is 33.6. The Kier molecular flexibility index (Phi) is 3.48. The Bertz CT molecular complexity index is 528. The number of ether oxygens (including phenoxy) is 1. The predicted octanol–water partition coefficient (Wildman–Crippen LogP) is 0.526. The van der Waals surface area contributed by atoms with Crippen molar-refractivity contribution in [2.45, 2.75) is 37.9 Å². The molecule has 1 aromatic heterocycles. The van der Waals surface area contributed by atoms with Crippen molar-refractivity contribution in [1.29, 1.82) is 0 Å². The fourth-order valence-electron chi connectivity index (χ4n) is 2.30. The highest BCUT2D eigenvalue weighted by Crippen LogP contribution is 2.22. The zero-order chi connectivity index (χ0) is 13.5. The van der Waals surface area contributed by atoms with E-state index in [4.69, 9.17) is 4.74 Å². The molecule has 2 atom stereocenters. The first-order valence-electron chi connectivity index (χ1n) is 5.96. The summed E-state index contributed by atoms with van der Waals surface area (Å²) in [6, 6.07) is 0. The maximum atomic E-state index is 12.5. The Hall–Kier alpha value is -0.920. The molecule has 2 heterocycles. The third-order valence-electron chi connectivity index (χ3n) is 2.97. The molecule has 0 spiro atoms. The standard InChI is InChI=1S/C11H19N3O3S/c1-8-5-14(6-9(2)17-8)18(15,16)11-7-13(4)12-10(11)3/h7-9H,5-6H2,1-4H3/t8-,9-/m0/s1. The lowest BCUT2D eigenvalue weighted by Gasteiger charge is -2.34. The van der Waals surface area contributed by atoms with Crippen molar-refractivity contribution >= 4 is 10.0 Å². The predicted molar refractivity (Wildman–Crippen MR) is 66.7 cm³/mol. The Balaban J connectivity index is 2.34. The average Bonchev–Trinajstić information content (AvgIpc) is 2.57. The first-order chi connectivity index (χ1) is 8.30. The summed E-state index contributed by atoms with van der Waals surface area (Å²) in [7, 11) is -1.75. The average molecular weight is 273 g/mol. The lowest BCUT2D eigenvalue weighted by Crippen LogP contribution is -2.48. The molecule has 0 radical (unpaired) electrons. The molecule has 0 amide bonds. The molecule has 2 rings (SSSR count). The minimum absolute atomic E-state index is 0.0829. The minimum atomic E-state index is -3.47. The molecule has 1 aliphatic heterocycles. The number of hydrogen-bond donors (Lipinski definition) is 0. The fourth-order valence-corrected chi connectivity index (χ4v) is 4.09. The van der Waals surface area contributed by atoms with Gasteiger partial charge in [0.2, 0.25) is 10.0 Å².